The van der Waals surface area contributed by atoms with Crippen LogP contribution in [0.2, 0.25) is 0 Å². The van der Waals surface area contributed by atoms with Crippen molar-refractivity contribution in [3.05, 3.63) is 12.2 Å². The van der Waals surface area contributed by atoms with Gasteiger partial charge in [-0.15, -0.1) is 0 Å². The van der Waals surface area contributed by atoms with E-state index in [2.05, 4.69) is 17.5 Å². The van der Waals surface area contributed by atoms with Crippen LogP contribution in [0.4, 0.5) is 0 Å². The molecule has 16 heavy (non-hydrogen) atoms. The van der Waals surface area contributed by atoms with E-state index in [0.717, 1.165) is 19.4 Å². The first-order valence-corrected chi connectivity index (χ1v) is 5.87. The molecule has 2 atom stereocenters. The highest BCUT2D eigenvalue weighted by Crippen LogP contribution is 2.18. The summed E-state index contributed by atoms with van der Waals surface area (Å²) in [5, 5.41) is 3.22. The number of imide groups is 1. The lowest BCUT2D eigenvalue weighted by molar-refractivity contribution is -0.137. The topological polar surface area (TPSA) is 49.4 Å². The summed E-state index contributed by atoms with van der Waals surface area (Å²) >= 11 is 0. The molecular formula is C12H18N2O2. The molecule has 2 unspecified atom stereocenters. The summed E-state index contributed by atoms with van der Waals surface area (Å²) in [6.07, 6.45) is 8.10. The van der Waals surface area contributed by atoms with Gasteiger partial charge in [-0.25, -0.2) is 0 Å². The van der Waals surface area contributed by atoms with Crippen molar-refractivity contribution in [1.82, 2.24) is 10.2 Å². The first-order valence-electron chi connectivity index (χ1n) is 5.87. The number of carbonyl (C=O) groups excluding carboxylic acids is 2. The Morgan fingerprint density at radius 3 is 2.81 bits per heavy atom. The van der Waals surface area contributed by atoms with Crippen LogP contribution in [0.5, 0.6) is 0 Å². The number of amides is 2. The fraction of sp³-hybridized carbons (Fsp3) is 0.667. The number of hydrogen-bond donors (Lipinski definition) is 1. The summed E-state index contributed by atoms with van der Waals surface area (Å²) in [6.45, 7) is 0.835. The van der Waals surface area contributed by atoms with E-state index in [4.69, 9.17) is 0 Å². The van der Waals surface area contributed by atoms with Crippen LogP contribution >= 0.6 is 0 Å². The average molecular weight is 222 g/mol. The van der Waals surface area contributed by atoms with Gasteiger partial charge in [-0.2, -0.15) is 0 Å². The summed E-state index contributed by atoms with van der Waals surface area (Å²) in [6, 6.07) is -0.289. The third kappa shape index (κ3) is 2.32. The number of allylic oxidation sites excluding steroid dienone is 2. The van der Waals surface area contributed by atoms with Gasteiger partial charge >= 0.3 is 0 Å². The first kappa shape index (κ1) is 11.3. The molecule has 0 spiro atoms. The smallest absolute Gasteiger partial charge is 0.246 e. The molecule has 1 fully saturated rings. The summed E-state index contributed by atoms with van der Waals surface area (Å²) in [5.74, 6) is 0.446. The van der Waals surface area contributed by atoms with Gasteiger partial charge in [0, 0.05) is 7.05 Å². The quantitative estimate of drug-likeness (QED) is 0.564. The number of likely N-dealkylation sites (N-methyl/N-ethyl adjacent to an activating group) is 1. The van der Waals surface area contributed by atoms with Crippen LogP contribution in [0.25, 0.3) is 0 Å². The molecule has 1 N–H and O–H groups in total. The van der Waals surface area contributed by atoms with Crippen LogP contribution in [0.1, 0.15) is 25.7 Å². The largest absolute Gasteiger partial charge is 0.305 e. The highest BCUT2D eigenvalue weighted by molar-refractivity contribution is 6.05. The van der Waals surface area contributed by atoms with Crippen LogP contribution in [0, 0.1) is 5.92 Å². The second-order valence-corrected chi connectivity index (χ2v) is 4.61. The van der Waals surface area contributed by atoms with Crippen molar-refractivity contribution in [2.45, 2.75) is 31.7 Å². The lowest BCUT2D eigenvalue weighted by Crippen LogP contribution is -2.39. The predicted octanol–water partition coefficient (Wildman–Crippen LogP) is 0.690. The lowest BCUT2D eigenvalue weighted by Gasteiger charge is -2.20. The van der Waals surface area contributed by atoms with Crippen molar-refractivity contribution in [2.75, 3.05) is 13.6 Å². The first-order chi connectivity index (χ1) is 7.68. The van der Waals surface area contributed by atoms with Crippen molar-refractivity contribution in [3.8, 4) is 0 Å². The molecule has 0 saturated carbocycles. The normalized spacial score (nSPS) is 30.2. The zero-order valence-electron chi connectivity index (χ0n) is 9.61. The molecule has 1 aliphatic carbocycles. The van der Waals surface area contributed by atoms with Gasteiger partial charge in [0.15, 0.2) is 0 Å². The molecule has 4 nitrogen and oxygen atoms in total. The Kier molecular flexibility index (Phi) is 3.39. The van der Waals surface area contributed by atoms with Crippen molar-refractivity contribution in [3.63, 3.8) is 0 Å². The van der Waals surface area contributed by atoms with Crippen molar-refractivity contribution in [1.29, 1.82) is 0 Å². The maximum atomic E-state index is 11.6. The Balaban J connectivity index is 1.80. The molecule has 0 aromatic heterocycles. The van der Waals surface area contributed by atoms with E-state index >= 15 is 0 Å². The second kappa shape index (κ2) is 4.78. The maximum absolute atomic E-state index is 11.6. The fourth-order valence-corrected chi connectivity index (χ4v) is 2.27. The van der Waals surface area contributed by atoms with Gasteiger partial charge in [0.1, 0.15) is 0 Å². The monoisotopic (exact) mass is 222 g/mol. The van der Waals surface area contributed by atoms with E-state index in [1.807, 2.05) is 0 Å². The Labute approximate surface area is 95.7 Å². The van der Waals surface area contributed by atoms with Crippen LogP contribution in [-0.2, 0) is 9.59 Å². The molecule has 1 aliphatic heterocycles. The minimum atomic E-state index is -0.289. The van der Waals surface area contributed by atoms with Crippen LogP contribution < -0.4 is 5.32 Å². The molecule has 0 radical (unpaired) electrons. The third-order valence-corrected chi connectivity index (χ3v) is 3.41. The number of nitrogens with zero attached hydrogens (tertiary/aromatic N) is 1. The number of carbonyl (C=O) groups is 2. The van der Waals surface area contributed by atoms with Crippen LogP contribution in [-0.4, -0.2) is 36.3 Å². The molecule has 88 valence electrons. The number of rotatable bonds is 3. The molecule has 0 aromatic carbocycles. The van der Waals surface area contributed by atoms with E-state index in [-0.39, 0.29) is 17.9 Å². The van der Waals surface area contributed by atoms with Crippen LogP contribution in [0.15, 0.2) is 12.2 Å². The minimum absolute atomic E-state index is 0.0777. The van der Waals surface area contributed by atoms with Gasteiger partial charge in [-0.05, 0) is 31.7 Å². The van der Waals surface area contributed by atoms with E-state index in [1.165, 1.54) is 11.3 Å². The Morgan fingerprint density at radius 1 is 1.44 bits per heavy atom. The van der Waals surface area contributed by atoms with Crippen LogP contribution in [0.3, 0.4) is 0 Å². The standard InChI is InChI=1S/C12H18N2O2/c1-14-11(15)7-10(12(14)16)13-8-9-5-3-2-4-6-9/h2-3,9-10,13H,4-8H2,1H3. The van der Waals surface area contributed by atoms with Crippen molar-refractivity contribution >= 4 is 11.8 Å². The highest BCUT2D eigenvalue weighted by atomic mass is 16.2. The molecule has 2 aliphatic rings. The highest BCUT2D eigenvalue weighted by Gasteiger charge is 2.35. The van der Waals surface area contributed by atoms with Gasteiger partial charge in [0.25, 0.3) is 0 Å². The molecule has 1 heterocycles. The second-order valence-electron chi connectivity index (χ2n) is 4.61. The summed E-state index contributed by atoms with van der Waals surface area (Å²) in [7, 11) is 1.55. The zero-order chi connectivity index (χ0) is 11.5. The summed E-state index contributed by atoms with van der Waals surface area (Å²) in [4.78, 5) is 24.1. The fourth-order valence-electron chi connectivity index (χ4n) is 2.27. The van der Waals surface area contributed by atoms with E-state index in [9.17, 15) is 9.59 Å². The number of likely N-dealkylation sites (tertiary alicyclic amines) is 1. The summed E-state index contributed by atoms with van der Waals surface area (Å²) in [5.41, 5.74) is 0. The van der Waals surface area contributed by atoms with Gasteiger partial charge < -0.3 is 5.32 Å². The van der Waals surface area contributed by atoms with E-state index < -0.39 is 0 Å². The molecule has 4 heteroatoms. The zero-order valence-corrected chi connectivity index (χ0v) is 9.61. The molecule has 2 amide bonds. The van der Waals surface area contributed by atoms with Gasteiger partial charge in [-0.1, -0.05) is 12.2 Å². The van der Waals surface area contributed by atoms with E-state index in [1.54, 1.807) is 7.05 Å². The average Bonchev–Trinajstić information content (AvgIpc) is 2.56. The van der Waals surface area contributed by atoms with Gasteiger partial charge in [0.05, 0.1) is 12.5 Å². The molecule has 2 rings (SSSR count). The number of nitrogens with one attached hydrogen (secondary N) is 1. The van der Waals surface area contributed by atoms with Crippen molar-refractivity contribution < 1.29 is 9.59 Å². The summed E-state index contributed by atoms with van der Waals surface area (Å²) < 4.78 is 0. The number of hydrogen-bond acceptors (Lipinski definition) is 3. The SMILES string of the molecule is CN1C(=O)CC(NCC2CC=CCC2)C1=O. The Morgan fingerprint density at radius 2 is 2.25 bits per heavy atom. The van der Waals surface area contributed by atoms with Crippen molar-refractivity contribution in [2.24, 2.45) is 5.92 Å². The molecule has 1 saturated heterocycles. The van der Waals surface area contributed by atoms with Gasteiger partial charge in [-0.3, -0.25) is 14.5 Å². The van der Waals surface area contributed by atoms with Gasteiger partial charge in [0.2, 0.25) is 11.8 Å². The minimum Gasteiger partial charge on any atom is -0.305 e. The Bertz CT molecular complexity index is 325. The maximum Gasteiger partial charge on any atom is 0.246 e. The lowest BCUT2D eigenvalue weighted by atomic mass is 9.94. The third-order valence-electron chi connectivity index (χ3n) is 3.41. The molecule has 0 bridgehead atoms. The predicted molar refractivity (Wildman–Crippen MR) is 60.7 cm³/mol. The molecular weight excluding hydrogens is 204 g/mol. The Hall–Kier alpha value is -1.16. The van der Waals surface area contributed by atoms with E-state index in [0.29, 0.717) is 12.3 Å². The molecule has 0 aromatic rings.